The molecule has 0 bridgehead atoms. The normalized spacial score (nSPS) is 12.7. The predicted octanol–water partition coefficient (Wildman–Crippen LogP) is 2.02. The van der Waals surface area contributed by atoms with Crippen LogP contribution in [0.25, 0.3) is 0 Å². The second-order valence-corrected chi connectivity index (χ2v) is 1.20. The van der Waals surface area contributed by atoms with E-state index in [-0.39, 0.29) is 17.1 Å². The molecule has 0 rings (SSSR count). The van der Waals surface area contributed by atoms with Crippen LogP contribution in [0, 0.1) is 6.92 Å². The summed E-state index contributed by atoms with van der Waals surface area (Å²) in [5.41, 5.74) is 0. The molecular formula is C3H2CuF5. The number of halogens is 5. The van der Waals surface area contributed by atoms with E-state index in [1.54, 1.807) is 6.92 Å². The Hall–Kier alpha value is 0.169. The van der Waals surface area contributed by atoms with Crippen molar-refractivity contribution in [2.75, 3.05) is 0 Å². The van der Waals surface area contributed by atoms with Crippen LogP contribution in [0.3, 0.4) is 0 Å². The van der Waals surface area contributed by atoms with Crippen molar-refractivity contribution < 1.29 is 39.0 Å². The molecule has 0 aliphatic rings. The Bertz CT molecular complexity index is 67.2. The molecule has 0 N–H and O–H groups in total. The first kappa shape index (κ1) is 11.9. The summed E-state index contributed by atoms with van der Waals surface area (Å²) in [5.74, 6) is -4.81. The minimum absolute atomic E-state index is 0. The summed E-state index contributed by atoms with van der Waals surface area (Å²) in [7, 11) is 0. The van der Waals surface area contributed by atoms with E-state index in [0.29, 0.717) is 0 Å². The fraction of sp³-hybridized carbons (Fsp3) is 0.667. The zero-order chi connectivity index (χ0) is 7.00. The van der Waals surface area contributed by atoms with E-state index in [2.05, 4.69) is 0 Å². The van der Waals surface area contributed by atoms with Gasteiger partial charge in [-0.3, -0.25) is 6.92 Å². The molecule has 0 aliphatic carbocycles. The van der Waals surface area contributed by atoms with Gasteiger partial charge in [0.25, 0.3) is 0 Å². The van der Waals surface area contributed by atoms with Gasteiger partial charge in [0.15, 0.2) is 0 Å². The van der Waals surface area contributed by atoms with E-state index >= 15 is 0 Å². The van der Waals surface area contributed by atoms with Crippen LogP contribution in [0.4, 0.5) is 22.0 Å². The first-order valence-corrected chi connectivity index (χ1v) is 1.55. The maximum atomic E-state index is 11.0. The van der Waals surface area contributed by atoms with E-state index in [0.717, 1.165) is 0 Å². The third-order valence-corrected chi connectivity index (χ3v) is 0.415. The van der Waals surface area contributed by atoms with Crippen molar-refractivity contribution in [3.05, 3.63) is 6.92 Å². The van der Waals surface area contributed by atoms with Gasteiger partial charge in [0.05, 0.1) is 0 Å². The average molecular weight is 197 g/mol. The van der Waals surface area contributed by atoms with Crippen molar-refractivity contribution in [2.24, 2.45) is 0 Å². The second kappa shape index (κ2) is 2.84. The molecule has 0 saturated carbocycles. The summed E-state index contributed by atoms with van der Waals surface area (Å²) in [4.78, 5) is 0. The van der Waals surface area contributed by atoms with Gasteiger partial charge in [-0.2, -0.15) is 13.2 Å². The predicted molar refractivity (Wildman–Crippen MR) is 16.4 cm³/mol. The summed E-state index contributed by atoms with van der Waals surface area (Å²) in [6, 6.07) is 0. The smallest absolute Gasteiger partial charge is 0.265 e. The third-order valence-electron chi connectivity index (χ3n) is 0.415. The van der Waals surface area contributed by atoms with E-state index in [9.17, 15) is 22.0 Å². The van der Waals surface area contributed by atoms with Crippen LogP contribution < -0.4 is 0 Å². The number of rotatable bonds is 0. The number of hydrogen-bond acceptors (Lipinski definition) is 0. The molecular weight excluding hydrogens is 195 g/mol. The molecule has 0 aromatic heterocycles. The van der Waals surface area contributed by atoms with Gasteiger partial charge in [0, 0.05) is 0 Å². The Morgan fingerprint density at radius 3 is 1.00 bits per heavy atom. The van der Waals surface area contributed by atoms with E-state index in [1.165, 1.54) is 0 Å². The summed E-state index contributed by atoms with van der Waals surface area (Å²) in [6.45, 7) is 1.58. The first-order chi connectivity index (χ1) is 3.25. The van der Waals surface area contributed by atoms with Gasteiger partial charge in [-0.15, -0.1) is 0 Å². The molecule has 9 heavy (non-hydrogen) atoms. The third kappa shape index (κ3) is 3.70. The number of hydrogen-bond donors (Lipinski definition) is 0. The molecule has 0 spiro atoms. The summed E-state index contributed by atoms with van der Waals surface area (Å²) in [6.07, 6.45) is -5.51. The minimum atomic E-state index is -5.51. The summed E-state index contributed by atoms with van der Waals surface area (Å²) in [5, 5.41) is 0. The topological polar surface area (TPSA) is 0 Å². The van der Waals surface area contributed by atoms with Gasteiger partial charge < -0.3 is 0 Å². The largest absolute Gasteiger partial charge is 1.00 e. The van der Waals surface area contributed by atoms with Crippen molar-refractivity contribution in [3.63, 3.8) is 0 Å². The summed E-state index contributed by atoms with van der Waals surface area (Å²) < 4.78 is 54.2. The Kier molecular flexibility index (Phi) is 3.75. The fourth-order valence-electron chi connectivity index (χ4n) is 0. The van der Waals surface area contributed by atoms with Gasteiger partial charge >= 0.3 is 23.2 Å². The molecule has 0 saturated heterocycles. The van der Waals surface area contributed by atoms with Crippen LogP contribution in [-0.4, -0.2) is 12.1 Å². The number of alkyl halides is 5. The van der Waals surface area contributed by atoms with E-state index in [1.807, 2.05) is 0 Å². The molecule has 0 atom stereocenters. The van der Waals surface area contributed by atoms with Crippen LogP contribution in [-0.2, 0) is 17.1 Å². The quantitative estimate of drug-likeness (QED) is 0.316. The van der Waals surface area contributed by atoms with Crippen molar-refractivity contribution in [2.45, 2.75) is 12.1 Å². The molecule has 0 unspecified atom stereocenters. The fourth-order valence-corrected chi connectivity index (χ4v) is 0. The van der Waals surface area contributed by atoms with Crippen LogP contribution in [0.1, 0.15) is 0 Å². The Morgan fingerprint density at radius 1 is 0.889 bits per heavy atom. The SMILES string of the molecule is [CH2-]C(F)(F)C(F)(F)F.[Cu+]. The molecule has 0 amide bonds. The van der Waals surface area contributed by atoms with Crippen LogP contribution >= 0.6 is 0 Å². The second-order valence-electron chi connectivity index (χ2n) is 1.20. The van der Waals surface area contributed by atoms with Gasteiger partial charge in [0.1, 0.15) is 0 Å². The van der Waals surface area contributed by atoms with E-state index < -0.39 is 12.1 Å². The molecule has 60 valence electrons. The average Bonchev–Trinajstić information content (AvgIpc) is 1.25. The maximum absolute atomic E-state index is 11.0. The van der Waals surface area contributed by atoms with Crippen LogP contribution in [0.2, 0.25) is 0 Å². The molecule has 0 radical (unpaired) electrons. The zero-order valence-corrected chi connectivity index (χ0v) is 4.84. The van der Waals surface area contributed by atoms with Crippen molar-refractivity contribution >= 4 is 0 Å². The maximum Gasteiger partial charge on any atom is 1.00 e. The monoisotopic (exact) mass is 196 g/mol. The van der Waals surface area contributed by atoms with Crippen LogP contribution in [0.15, 0.2) is 0 Å². The standard InChI is InChI=1S/C3H2F5.Cu/c1-2(4,5)3(6,7)8;/h1H2;/q-1;+1. The first-order valence-electron chi connectivity index (χ1n) is 1.55. The molecule has 6 heteroatoms. The Labute approximate surface area is 58.9 Å². The summed E-state index contributed by atoms with van der Waals surface area (Å²) >= 11 is 0. The van der Waals surface area contributed by atoms with Crippen molar-refractivity contribution in [3.8, 4) is 0 Å². The van der Waals surface area contributed by atoms with Gasteiger partial charge in [-0.1, -0.05) is 0 Å². The molecule has 0 aromatic rings. The molecule has 0 nitrogen and oxygen atoms in total. The van der Waals surface area contributed by atoms with Gasteiger partial charge in [-0.05, 0) is 0 Å². The van der Waals surface area contributed by atoms with E-state index in [4.69, 9.17) is 0 Å². The Morgan fingerprint density at radius 2 is 1.00 bits per heavy atom. The molecule has 0 heterocycles. The van der Waals surface area contributed by atoms with Crippen LogP contribution in [0.5, 0.6) is 0 Å². The molecule has 0 fully saturated rings. The molecule has 0 aromatic carbocycles. The van der Waals surface area contributed by atoms with Crippen molar-refractivity contribution in [1.82, 2.24) is 0 Å². The van der Waals surface area contributed by atoms with Gasteiger partial charge in [0.2, 0.25) is 5.92 Å². The molecule has 0 aliphatic heterocycles. The van der Waals surface area contributed by atoms with Crippen molar-refractivity contribution in [1.29, 1.82) is 0 Å². The Balaban J connectivity index is 0. The van der Waals surface area contributed by atoms with Gasteiger partial charge in [-0.25, -0.2) is 8.78 Å². The minimum Gasteiger partial charge on any atom is -0.265 e. The zero-order valence-electron chi connectivity index (χ0n) is 3.90.